The second kappa shape index (κ2) is 4.43. The molecule has 1 aliphatic heterocycles. The van der Waals surface area contributed by atoms with Crippen LogP contribution in [0.15, 0.2) is 23.1 Å². The van der Waals surface area contributed by atoms with Crippen LogP contribution in [0.25, 0.3) is 0 Å². The molecule has 0 spiro atoms. The van der Waals surface area contributed by atoms with E-state index >= 15 is 0 Å². The summed E-state index contributed by atoms with van der Waals surface area (Å²) in [4.78, 5) is 0.869. The van der Waals surface area contributed by atoms with Crippen molar-refractivity contribution in [2.45, 2.75) is 18.2 Å². The molecule has 1 aliphatic rings. The zero-order chi connectivity index (χ0) is 10.8. The number of hydrogen-bond donors (Lipinski definition) is 0. The van der Waals surface area contributed by atoms with Crippen molar-refractivity contribution in [1.82, 2.24) is 4.31 Å². The lowest BCUT2D eigenvalue weighted by atomic mass is 10.2. The Labute approximate surface area is 93.4 Å². The maximum Gasteiger partial charge on any atom is 0.174 e. The van der Waals surface area contributed by atoms with Gasteiger partial charge in [-0.2, -0.15) is 0 Å². The Kier molecular flexibility index (Phi) is 3.19. The van der Waals surface area contributed by atoms with Crippen LogP contribution in [-0.2, 0) is 11.4 Å². The third-order valence-electron chi connectivity index (χ3n) is 2.62. The molecule has 2 rings (SSSR count). The highest BCUT2D eigenvalue weighted by Gasteiger charge is 2.28. The van der Waals surface area contributed by atoms with E-state index in [-0.39, 0.29) is 0 Å². The predicted molar refractivity (Wildman–Crippen MR) is 60.3 cm³/mol. The van der Waals surface area contributed by atoms with Gasteiger partial charge in [0.15, 0.2) is 4.90 Å². The van der Waals surface area contributed by atoms with Gasteiger partial charge in [0.05, 0.1) is 18.5 Å². The Morgan fingerprint density at radius 1 is 1.40 bits per heavy atom. The highest BCUT2D eigenvalue weighted by molar-refractivity contribution is 7.89. The Balaban J connectivity index is 2.17. The first-order valence-corrected chi connectivity index (χ1v) is 6.14. The zero-order valence-electron chi connectivity index (χ0n) is 9.03. The Morgan fingerprint density at radius 3 is 2.60 bits per heavy atom. The average molecular weight is 225 g/mol. The van der Waals surface area contributed by atoms with Gasteiger partial charge in [-0.15, -0.1) is 4.31 Å². The number of methoxy groups -OCH3 is 1. The standard InChI is InChI=1S/C11H15NO2S/c1-9-8-10(4-5-11(9)14-2)15(13)12-6-3-7-12/h4-5,8H,3,6-7H2,1-2H3. The largest absolute Gasteiger partial charge is 0.593 e. The normalized spacial score (nSPS) is 18.3. The molecule has 1 unspecified atom stereocenters. The maximum atomic E-state index is 12.0. The van der Waals surface area contributed by atoms with Gasteiger partial charge >= 0.3 is 0 Å². The first kappa shape index (κ1) is 10.8. The molecule has 0 aromatic heterocycles. The lowest BCUT2D eigenvalue weighted by Gasteiger charge is -2.30. The molecule has 0 radical (unpaired) electrons. The minimum absolute atomic E-state index is 0.847. The molecule has 0 amide bonds. The maximum absolute atomic E-state index is 12.0. The molecule has 0 N–H and O–H groups in total. The summed E-state index contributed by atoms with van der Waals surface area (Å²) >= 11 is -0.984. The van der Waals surface area contributed by atoms with Crippen LogP contribution in [-0.4, -0.2) is 29.1 Å². The van der Waals surface area contributed by atoms with Crippen LogP contribution in [0, 0.1) is 6.92 Å². The fourth-order valence-corrected chi connectivity index (χ4v) is 2.91. The third-order valence-corrected chi connectivity index (χ3v) is 4.11. The summed E-state index contributed by atoms with van der Waals surface area (Å²) in [5, 5.41) is 0. The minimum atomic E-state index is -0.984. The van der Waals surface area contributed by atoms with E-state index in [4.69, 9.17) is 4.74 Å². The van der Waals surface area contributed by atoms with E-state index in [2.05, 4.69) is 0 Å². The molecule has 3 nitrogen and oxygen atoms in total. The monoisotopic (exact) mass is 225 g/mol. The van der Waals surface area contributed by atoms with Crippen LogP contribution in [0.4, 0.5) is 0 Å². The molecule has 1 saturated heterocycles. The van der Waals surface area contributed by atoms with E-state index in [1.54, 1.807) is 7.11 Å². The summed E-state index contributed by atoms with van der Waals surface area (Å²) in [6, 6.07) is 5.69. The highest BCUT2D eigenvalue weighted by Crippen LogP contribution is 2.25. The molecule has 15 heavy (non-hydrogen) atoms. The molecule has 1 heterocycles. The molecule has 0 saturated carbocycles. The summed E-state index contributed by atoms with van der Waals surface area (Å²) in [5.74, 6) is 0.847. The fourth-order valence-electron chi connectivity index (χ4n) is 1.56. The van der Waals surface area contributed by atoms with Crippen molar-refractivity contribution in [2.75, 3.05) is 20.2 Å². The van der Waals surface area contributed by atoms with Gasteiger partial charge in [-0.3, -0.25) is 0 Å². The number of benzene rings is 1. The molecule has 82 valence electrons. The van der Waals surface area contributed by atoms with E-state index in [9.17, 15) is 4.55 Å². The summed E-state index contributed by atoms with van der Waals surface area (Å²) in [6.45, 7) is 3.85. The highest BCUT2D eigenvalue weighted by atomic mass is 32.2. The molecular weight excluding hydrogens is 210 g/mol. The van der Waals surface area contributed by atoms with Crippen molar-refractivity contribution < 1.29 is 9.29 Å². The lowest BCUT2D eigenvalue weighted by Crippen LogP contribution is -2.41. The van der Waals surface area contributed by atoms with Crippen molar-refractivity contribution in [1.29, 1.82) is 0 Å². The van der Waals surface area contributed by atoms with Crippen LogP contribution in [0.5, 0.6) is 5.75 Å². The summed E-state index contributed by atoms with van der Waals surface area (Å²) in [6.07, 6.45) is 1.15. The van der Waals surface area contributed by atoms with Crippen LogP contribution in [0.3, 0.4) is 0 Å². The van der Waals surface area contributed by atoms with Crippen LogP contribution in [0.1, 0.15) is 12.0 Å². The summed E-state index contributed by atoms with van der Waals surface area (Å²) in [5.41, 5.74) is 1.03. The Bertz CT molecular complexity index is 352. The van der Waals surface area contributed by atoms with Gasteiger partial charge in [0.2, 0.25) is 0 Å². The molecular formula is C11H15NO2S. The second-order valence-corrected chi connectivity index (χ2v) is 5.15. The van der Waals surface area contributed by atoms with Crippen molar-refractivity contribution >= 4 is 11.4 Å². The van der Waals surface area contributed by atoms with Gasteiger partial charge in [0.25, 0.3) is 0 Å². The van der Waals surface area contributed by atoms with Crippen molar-refractivity contribution in [2.24, 2.45) is 0 Å². The fraction of sp³-hybridized carbons (Fsp3) is 0.455. The molecule has 1 atom stereocenters. The topological polar surface area (TPSA) is 35.5 Å². The number of rotatable bonds is 3. The first-order chi connectivity index (χ1) is 7.22. The number of hydrogen-bond acceptors (Lipinski definition) is 3. The Morgan fingerprint density at radius 2 is 2.13 bits per heavy atom. The quantitative estimate of drug-likeness (QED) is 0.735. The SMILES string of the molecule is COc1ccc([S+]([O-])N2CCC2)cc1C. The van der Waals surface area contributed by atoms with Crippen molar-refractivity contribution in [3.05, 3.63) is 23.8 Å². The number of ether oxygens (including phenoxy) is 1. The predicted octanol–water partition coefficient (Wildman–Crippen LogP) is 1.73. The van der Waals surface area contributed by atoms with E-state index in [0.717, 1.165) is 35.7 Å². The summed E-state index contributed by atoms with van der Waals surface area (Å²) < 4.78 is 19.1. The molecule has 4 heteroatoms. The van der Waals surface area contributed by atoms with Crippen molar-refractivity contribution in [3.8, 4) is 5.75 Å². The first-order valence-electron chi connectivity index (χ1n) is 5.04. The van der Waals surface area contributed by atoms with E-state index in [1.807, 2.05) is 29.4 Å². The number of nitrogens with zero attached hydrogens (tertiary/aromatic N) is 1. The van der Waals surface area contributed by atoms with Crippen molar-refractivity contribution in [3.63, 3.8) is 0 Å². The lowest BCUT2D eigenvalue weighted by molar-refractivity contribution is 0.309. The van der Waals surface area contributed by atoms with Crippen LogP contribution < -0.4 is 4.74 Å². The minimum Gasteiger partial charge on any atom is -0.593 e. The molecule has 1 fully saturated rings. The summed E-state index contributed by atoms with van der Waals surface area (Å²) in [7, 11) is 1.65. The second-order valence-electron chi connectivity index (χ2n) is 3.66. The van der Waals surface area contributed by atoms with E-state index in [0.29, 0.717) is 0 Å². The van der Waals surface area contributed by atoms with E-state index in [1.165, 1.54) is 0 Å². The molecule has 0 bridgehead atoms. The van der Waals surface area contributed by atoms with Gasteiger partial charge in [0, 0.05) is 19.2 Å². The number of aryl methyl sites for hydroxylation is 1. The Hall–Kier alpha value is -0.710. The molecule has 1 aromatic rings. The van der Waals surface area contributed by atoms with Crippen LogP contribution >= 0.6 is 0 Å². The van der Waals surface area contributed by atoms with Gasteiger partial charge in [-0.25, -0.2) is 0 Å². The molecule has 1 aromatic carbocycles. The van der Waals surface area contributed by atoms with Gasteiger partial charge in [-0.05, 0) is 31.0 Å². The van der Waals surface area contributed by atoms with Gasteiger partial charge in [-0.1, -0.05) is 0 Å². The smallest absolute Gasteiger partial charge is 0.174 e. The average Bonchev–Trinajstić information content (AvgIpc) is 2.15. The third kappa shape index (κ3) is 2.12. The van der Waals surface area contributed by atoms with E-state index < -0.39 is 11.4 Å². The van der Waals surface area contributed by atoms with Gasteiger partial charge < -0.3 is 9.29 Å². The van der Waals surface area contributed by atoms with Gasteiger partial charge in [0.1, 0.15) is 5.75 Å². The zero-order valence-corrected chi connectivity index (χ0v) is 9.84. The molecule has 0 aliphatic carbocycles. The van der Waals surface area contributed by atoms with Crippen LogP contribution in [0.2, 0.25) is 0 Å².